The highest BCUT2D eigenvalue weighted by Gasteiger charge is 1.98. The second-order valence-corrected chi connectivity index (χ2v) is 5.79. The smallest absolute Gasteiger partial charge is 0.330 e. The van der Waals surface area contributed by atoms with Gasteiger partial charge < -0.3 is 38.3 Å². The molecule has 0 radical (unpaired) electrons. The summed E-state index contributed by atoms with van der Waals surface area (Å²) in [5.74, 6) is -0.350. The minimum absolute atomic E-state index is 0.0255. The zero-order valence-corrected chi connectivity index (χ0v) is 17.2. The molecule has 1 N–H and O–H groups in total. The molecule has 0 aromatic carbocycles. The number of carbonyl (C=O) groups is 1. The predicted octanol–water partition coefficient (Wildman–Crippen LogP) is 0.588. The van der Waals surface area contributed by atoms with E-state index in [0.29, 0.717) is 79.3 Å². The molecule has 0 unspecified atom stereocenters. The van der Waals surface area contributed by atoms with Crippen molar-refractivity contribution < 1.29 is 43.1 Å². The Kier molecular flexibility index (Phi) is 21.4. The Hall–Kier alpha value is -1.07. The van der Waals surface area contributed by atoms with Gasteiger partial charge in [0.1, 0.15) is 6.61 Å². The molecule has 0 aliphatic heterocycles. The van der Waals surface area contributed by atoms with Crippen LogP contribution in [0.2, 0.25) is 0 Å². The summed E-state index contributed by atoms with van der Waals surface area (Å²) < 4.78 is 36.7. The number of aliphatic hydroxyl groups is 1. The monoisotopic (exact) mass is 408 g/mol. The molecular weight excluding hydrogens is 372 g/mol. The molecule has 0 amide bonds. The van der Waals surface area contributed by atoms with E-state index in [1.807, 2.05) is 13.8 Å². The minimum atomic E-state index is -0.350. The summed E-state index contributed by atoms with van der Waals surface area (Å²) in [7, 11) is 0. The van der Waals surface area contributed by atoms with Gasteiger partial charge in [-0.2, -0.15) is 0 Å². The molecule has 0 spiro atoms. The van der Waals surface area contributed by atoms with Gasteiger partial charge in [-0.15, -0.1) is 0 Å². The van der Waals surface area contributed by atoms with Crippen molar-refractivity contribution in [3.63, 3.8) is 0 Å². The maximum absolute atomic E-state index is 11.2. The molecule has 0 saturated carbocycles. The molecule has 9 nitrogen and oxygen atoms in total. The Balaban J connectivity index is 3.09. The second kappa shape index (κ2) is 22.2. The fourth-order valence-corrected chi connectivity index (χ4v) is 1.74. The lowest BCUT2D eigenvalue weighted by Gasteiger charge is -2.08. The van der Waals surface area contributed by atoms with Crippen molar-refractivity contribution >= 4 is 5.97 Å². The molecular formula is C19H36O9. The zero-order valence-electron chi connectivity index (χ0n) is 17.2. The summed E-state index contributed by atoms with van der Waals surface area (Å²) >= 11 is 0. The van der Waals surface area contributed by atoms with E-state index in [-0.39, 0.29) is 19.2 Å². The van der Waals surface area contributed by atoms with Crippen LogP contribution in [-0.4, -0.2) is 104 Å². The Labute approximate surface area is 167 Å². The number of aliphatic hydroxyl groups excluding tert-OH is 1. The number of esters is 1. The highest BCUT2D eigenvalue weighted by atomic mass is 16.6. The third-order valence-corrected chi connectivity index (χ3v) is 2.97. The van der Waals surface area contributed by atoms with Crippen LogP contribution in [0.1, 0.15) is 13.8 Å². The van der Waals surface area contributed by atoms with Gasteiger partial charge in [0, 0.05) is 6.08 Å². The Morgan fingerprint density at radius 2 is 0.929 bits per heavy atom. The summed E-state index contributed by atoms with van der Waals surface area (Å²) in [6.07, 6.45) is 1.44. The molecule has 0 rings (SSSR count). The van der Waals surface area contributed by atoms with Crippen molar-refractivity contribution in [1.82, 2.24) is 0 Å². The molecule has 0 fully saturated rings. The molecule has 0 bridgehead atoms. The zero-order chi connectivity index (χ0) is 20.7. The fourth-order valence-electron chi connectivity index (χ4n) is 1.74. The summed E-state index contributed by atoms with van der Waals surface area (Å²) in [6, 6.07) is 0. The topological polar surface area (TPSA) is 102 Å². The van der Waals surface area contributed by atoms with Gasteiger partial charge >= 0.3 is 5.97 Å². The summed E-state index contributed by atoms with van der Waals surface area (Å²) in [6.45, 7) is 9.43. The van der Waals surface area contributed by atoms with Gasteiger partial charge in [-0.05, 0) is 13.8 Å². The van der Waals surface area contributed by atoms with Crippen LogP contribution in [0.5, 0.6) is 0 Å². The van der Waals surface area contributed by atoms with E-state index in [0.717, 1.165) is 5.57 Å². The highest BCUT2D eigenvalue weighted by Crippen LogP contribution is 1.91. The lowest BCUT2D eigenvalue weighted by molar-refractivity contribution is -0.139. The average Bonchev–Trinajstić information content (AvgIpc) is 2.66. The molecule has 0 aliphatic carbocycles. The number of hydrogen-bond donors (Lipinski definition) is 1. The van der Waals surface area contributed by atoms with E-state index in [4.69, 9.17) is 38.3 Å². The fraction of sp³-hybridized carbons (Fsp3) is 0.842. The van der Waals surface area contributed by atoms with Crippen LogP contribution in [0.15, 0.2) is 11.6 Å². The molecule has 0 aliphatic rings. The van der Waals surface area contributed by atoms with E-state index in [1.165, 1.54) is 6.08 Å². The van der Waals surface area contributed by atoms with E-state index in [1.54, 1.807) is 0 Å². The van der Waals surface area contributed by atoms with Gasteiger partial charge in [0.25, 0.3) is 0 Å². The van der Waals surface area contributed by atoms with Gasteiger partial charge in [0.15, 0.2) is 0 Å². The van der Waals surface area contributed by atoms with E-state index in [9.17, 15) is 4.79 Å². The van der Waals surface area contributed by atoms with Crippen molar-refractivity contribution in [1.29, 1.82) is 0 Å². The molecule has 0 heterocycles. The van der Waals surface area contributed by atoms with Crippen LogP contribution in [0.3, 0.4) is 0 Å². The van der Waals surface area contributed by atoms with Crippen LogP contribution in [0.4, 0.5) is 0 Å². The number of rotatable bonds is 21. The van der Waals surface area contributed by atoms with E-state index < -0.39 is 0 Å². The first kappa shape index (κ1) is 26.9. The van der Waals surface area contributed by atoms with Crippen molar-refractivity contribution in [2.24, 2.45) is 0 Å². The molecule has 28 heavy (non-hydrogen) atoms. The number of hydrogen-bond acceptors (Lipinski definition) is 9. The van der Waals surface area contributed by atoms with E-state index in [2.05, 4.69) is 0 Å². The van der Waals surface area contributed by atoms with Crippen LogP contribution < -0.4 is 0 Å². The normalized spacial score (nSPS) is 10.8. The van der Waals surface area contributed by atoms with Crippen molar-refractivity contribution in [2.45, 2.75) is 13.8 Å². The van der Waals surface area contributed by atoms with E-state index >= 15 is 0 Å². The highest BCUT2D eigenvalue weighted by molar-refractivity contribution is 5.82. The minimum Gasteiger partial charge on any atom is -0.460 e. The van der Waals surface area contributed by atoms with Gasteiger partial charge in [0.2, 0.25) is 0 Å². The summed E-state index contributed by atoms with van der Waals surface area (Å²) in [5, 5.41) is 8.52. The molecule has 0 atom stereocenters. The average molecular weight is 408 g/mol. The molecule has 166 valence electrons. The molecule has 0 aromatic rings. The van der Waals surface area contributed by atoms with Gasteiger partial charge in [0.05, 0.1) is 85.9 Å². The quantitative estimate of drug-likeness (QED) is 0.166. The first-order valence-corrected chi connectivity index (χ1v) is 9.55. The maximum atomic E-state index is 11.2. The summed E-state index contributed by atoms with van der Waals surface area (Å²) in [5.41, 5.74) is 0.902. The van der Waals surface area contributed by atoms with Crippen LogP contribution in [0, 0.1) is 0 Å². The van der Waals surface area contributed by atoms with Crippen molar-refractivity contribution in [2.75, 3.05) is 92.5 Å². The number of ether oxygens (including phenoxy) is 7. The Morgan fingerprint density at radius 3 is 1.25 bits per heavy atom. The number of carbonyl (C=O) groups excluding carboxylic acids is 1. The van der Waals surface area contributed by atoms with Crippen molar-refractivity contribution in [3.8, 4) is 0 Å². The summed E-state index contributed by atoms with van der Waals surface area (Å²) in [4.78, 5) is 11.2. The first-order valence-electron chi connectivity index (χ1n) is 9.55. The second-order valence-electron chi connectivity index (χ2n) is 5.79. The predicted molar refractivity (Wildman–Crippen MR) is 102 cm³/mol. The molecule has 9 heteroatoms. The lowest BCUT2D eigenvalue weighted by atomic mass is 10.3. The number of allylic oxidation sites excluding steroid dienone is 1. The first-order chi connectivity index (χ1) is 13.7. The SMILES string of the molecule is CC(C)=CC(=O)OCCOCCOCCOCCOCCOCCOCCO. The standard InChI is InChI=1S/C19H36O9/c1-18(2)17-19(21)28-16-15-27-14-13-26-12-11-25-10-9-24-8-7-23-6-5-22-4-3-20/h17,20H,3-16H2,1-2H3. The largest absolute Gasteiger partial charge is 0.460 e. The van der Waals surface area contributed by atoms with Crippen LogP contribution in [0.25, 0.3) is 0 Å². The van der Waals surface area contributed by atoms with Crippen LogP contribution in [-0.2, 0) is 38.0 Å². The Bertz CT molecular complexity index is 370. The van der Waals surface area contributed by atoms with Gasteiger partial charge in [-0.3, -0.25) is 0 Å². The van der Waals surface area contributed by atoms with Gasteiger partial charge in [-0.25, -0.2) is 4.79 Å². The van der Waals surface area contributed by atoms with Crippen LogP contribution >= 0.6 is 0 Å². The Morgan fingerprint density at radius 1 is 0.607 bits per heavy atom. The van der Waals surface area contributed by atoms with Crippen molar-refractivity contribution in [3.05, 3.63) is 11.6 Å². The third kappa shape index (κ3) is 23.0. The lowest BCUT2D eigenvalue weighted by Crippen LogP contribution is -2.15. The third-order valence-electron chi connectivity index (χ3n) is 2.97. The van der Waals surface area contributed by atoms with Gasteiger partial charge in [-0.1, -0.05) is 5.57 Å². The molecule has 0 aromatic heterocycles. The maximum Gasteiger partial charge on any atom is 0.330 e. The molecule has 0 saturated heterocycles.